The van der Waals surface area contributed by atoms with Crippen LogP contribution in [0.4, 0.5) is 17.1 Å². The first-order valence-corrected chi connectivity index (χ1v) is 9.60. The molecule has 0 aromatic heterocycles. The van der Waals surface area contributed by atoms with Crippen molar-refractivity contribution in [1.29, 1.82) is 0 Å². The van der Waals surface area contributed by atoms with Crippen molar-refractivity contribution in [3.8, 4) is 0 Å². The molecule has 2 aromatic carbocycles. The molecule has 0 aliphatic carbocycles. The number of hydrogen-bond donors (Lipinski definition) is 1. The lowest BCUT2D eigenvalue weighted by Crippen LogP contribution is -2.25. The van der Waals surface area contributed by atoms with Crippen molar-refractivity contribution in [1.82, 2.24) is 0 Å². The summed E-state index contributed by atoms with van der Waals surface area (Å²) in [6.45, 7) is 0.450. The maximum atomic E-state index is 12.2. The van der Waals surface area contributed by atoms with Gasteiger partial charge in [-0.05, 0) is 30.7 Å². The van der Waals surface area contributed by atoms with Gasteiger partial charge in [-0.25, -0.2) is 8.42 Å². The Morgan fingerprint density at radius 1 is 1.15 bits per heavy atom. The predicted molar refractivity (Wildman–Crippen MR) is 97.6 cm³/mol. The highest BCUT2D eigenvalue weighted by Crippen LogP contribution is 2.25. The third-order valence-corrected chi connectivity index (χ3v) is 5.95. The van der Waals surface area contributed by atoms with Gasteiger partial charge in [0.25, 0.3) is 5.69 Å². The van der Waals surface area contributed by atoms with Crippen LogP contribution in [-0.4, -0.2) is 31.5 Å². The fourth-order valence-corrected chi connectivity index (χ4v) is 4.42. The lowest BCUT2D eigenvalue weighted by molar-refractivity contribution is -0.385. The molecule has 1 saturated heterocycles. The largest absolute Gasteiger partial charge is 0.326 e. The highest BCUT2D eigenvalue weighted by atomic mass is 32.2. The number of nitro groups is 1. The Kier molecular flexibility index (Phi) is 4.90. The summed E-state index contributed by atoms with van der Waals surface area (Å²) in [4.78, 5) is 22.6. The normalized spacial score (nSPS) is 15.6. The maximum absolute atomic E-state index is 12.2. The van der Waals surface area contributed by atoms with Crippen molar-refractivity contribution in [2.75, 3.05) is 21.9 Å². The summed E-state index contributed by atoms with van der Waals surface area (Å²) in [5.74, 6) is -0.248. The Labute approximate surface area is 150 Å². The zero-order valence-corrected chi connectivity index (χ0v) is 14.6. The highest BCUT2D eigenvalue weighted by Gasteiger charge is 2.28. The second-order valence-electron chi connectivity index (χ2n) is 5.90. The predicted octanol–water partition coefficient (Wildman–Crippen LogP) is 2.32. The van der Waals surface area contributed by atoms with E-state index in [1.54, 1.807) is 42.5 Å². The van der Waals surface area contributed by atoms with E-state index in [4.69, 9.17) is 0 Å². The highest BCUT2D eigenvalue weighted by molar-refractivity contribution is 7.93. The van der Waals surface area contributed by atoms with Gasteiger partial charge in [0.15, 0.2) is 0 Å². The van der Waals surface area contributed by atoms with Crippen LogP contribution in [0.25, 0.3) is 0 Å². The average molecular weight is 375 g/mol. The lowest BCUT2D eigenvalue weighted by atomic mass is 10.1. The zero-order chi connectivity index (χ0) is 18.7. The number of sulfonamides is 1. The first kappa shape index (κ1) is 17.9. The van der Waals surface area contributed by atoms with E-state index in [0.717, 1.165) is 0 Å². The second kappa shape index (κ2) is 7.12. The molecule has 0 radical (unpaired) electrons. The number of rotatable bonds is 5. The molecule has 1 N–H and O–H groups in total. The number of carbonyl (C=O) groups is 1. The fraction of sp³-hybridized carbons (Fsp3) is 0.235. The van der Waals surface area contributed by atoms with Crippen LogP contribution in [0.1, 0.15) is 12.0 Å². The van der Waals surface area contributed by atoms with Gasteiger partial charge in [-0.15, -0.1) is 0 Å². The van der Waals surface area contributed by atoms with Crippen molar-refractivity contribution in [3.05, 3.63) is 64.2 Å². The second-order valence-corrected chi connectivity index (χ2v) is 7.91. The van der Waals surface area contributed by atoms with Crippen LogP contribution in [0.2, 0.25) is 0 Å². The van der Waals surface area contributed by atoms with Crippen molar-refractivity contribution >= 4 is 33.0 Å². The van der Waals surface area contributed by atoms with Crippen LogP contribution < -0.4 is 9.62 Å². The topological polar surface area (TPSA) is 110 Å². The van der Waals surface area contributed by atoms with Gasteiger partial charge in [-0.3, -0.25) is 19.2 Å². The summed E-state index contributed by atoms with van der Waals surface area (Å²) in [5.41, 5.74) is 1.28. The van der Waals surface area contributed by atoms with E-state index in [0.29, 0.717) is 29.9 Å². The van der Waals surface area contributed by atoms with Crippen molar-refractivity contribution in [2.45, 2.75) is 12.8 Å². The Bertz CT molecular complexity index is 941. The molecule has 1 aliphatic heterocycles. The van der Waals surface area contributed by atoms with Crippen molar-refractivity contribution < 1.29 is 18.1 Å². The minimum atomic E-state index is -3.25. The Morgan fingerprint density at radius 2 is 1.85 bits per heavy atom. The van der Waals surface area contributed by atoms with Gasteiger partial charge >= 0.3 is 0 Å². The molecule has 136 valence electrons. The lowest BCUT2D eigenvalue weighted by Gasteiger charge is -2.17. The zero-order valence-electron chi connectivity index (χ0n) is 13.8. The van der Waals surface area contributed by atoms with Crippen LogP contribution in [-0.2, 0) is 21.2 Å². The summed E-state index contributed by atoms with van der Waals surface area (Å²) in [6.07, 6.45) is 0.468. The number of benzene rings is 2. The van der Waals surface area contributed by atoms with Crippen LogP contribution in [0, 0.1) is 10.1 Å². The molecule has 0 spiro atoms. The standard InChI is InChI=1S/C17H17N3O5S/c21-17(12-13-4-1-2-5-16(13)20(22)23)18-14-6-8-15(9-7-14)19-10-3-11-26(19,24)25/h1-2,4-9H,3,10-12H2,(H,18,21). The quantitative estimate of drug-likeness (QED) is 0.637. The van der Waals surface area contributed by atoms with Gasteiger partial charge in [0, 0.05) is 23.9 Å². The minimum absolute atomic E-state index is 0.0998. The van der Waals surface area contributed by atoms with Crippen LogP contribution in [0.5, 0.6) is 0 Å². The van der Waals surface area contributed by atoms with E-state index in [2.05, 4.69) is 5.32 Å². The number of para-hydroxylation sites is 1. The molecular formula is C17H17N3O5S. The van der Waals surface area contributed by atoms with E-state index in [1.165, 1.54) is 10.4 Å². The third-order valence-electron chi connectivity index (χ3n) is 4.08. The van der Waals surface area contributed by atoms with Gasteiger partial charge < -0.3 is 5.32 Å². The molecule has 1 fully saturated rings. The van der Waals surface area contributed by atoms with Crippen molar-refractivity contribution in [3.63, 3.8) is 0 Å². The average Bonchev–Trinajstić information content (AvgIpc) is 2.95. The van der Waals surface area contributed by atoms with Gasteiger partial charge in [0.05, 0.1) is 22.8 Å². The molecule has 0 unspecified atom stereocenters. The molecule has 0 saturated carbocycles. The summed E-state index contributed by atoms with van der Waals surface area (Å²) in [6, 6.07) is 12.6. The first-order valence-electron chi connectivity index (χ1n) is 7.99. The third kappa shape index (κ3) is 3.83. The summed E-state index contributed by atoms with van der Waals surface area (Å²) in [7, 11) is -3.25. The molecule has 9 heteroatoms. The Hall–Kier alpha value is -2.94. The monoisotopic (exact) mass is 375 g/mol. The molecule has 26 heavy (non-hydrogen) atoms. The van der Waals surface area contributed by atoms with E-state index >= 15 is 0 Å². The molecule has 1 aliphatic rings. The number of carbonyl (C=O) groups excluding carboxylic acids is 1. The Balaban J connectivity index is 1.68. The summed E-state index contributed by atoms with van der Waals surface area (Å²) < 4.78 is 25.2. The molecule has 2 aromatic rings. The van der Waals surface area contributed by atoms with Crippen LogP contribution in [0.15, 0.2) is 48.5 Å². The minimum Gasteiger partial charge on any atom is -0.326 e. The number of anilines is 2. The molecule has 8 nitrogen and oxygen atoms in total. The van der Waals surface area contributed by atoms with E-state index in [9.17, 15) is 23.3 Å². The SMILES string of the molecule is O=C(Cc1ccccc1[N+](=O)[O-])Nc1ccc(N2CCCS2(=O)=O)cc1. The van der Waals surface area contributed by atoms with Gasteiger partial charge in [0.1, 0.15) is 0 Å². The van der Waals surface area contributed by atoms with E-state index in [1.807, 2.05) is 0 Å². The summed E-state index contributed by atoms with van der Waals surface area (Å²) in [5, 5.41) is 13.7. The van der Waals surface area contributed by atoms with Gasteiger partial charge in [0.2, 0.25) is 15.9 Å². The molecule has 0 bridgehead atoms. The number of nitro benzene ring substituents is 1. The van der Waals surface area contributed by atoms with Gasteiger partial charge in [-0.1, -0.05) is 18.2 Å². The number of nitrogens with one attached hydrogen (secondary N) is 1. The number of nitrogens with zero attached hydrogens (tertiary/aromatic N) is 2. The molecule has 0 atom stereocenters. The molecule has 1 heterocycles. The molecule has 1 amide bonds. The summed E-state index contributed by atoms with van der Waals surface area (Å²) >= 11 is 0. The number of amides is 1. The van der Waals surface area contributed by atoms with Crippen LogP contribution >= 0.6 is 0 Å². The van der Waals surface area contributed by atoms with E-state index < -0.39 is 14.9 Å². The Morgan fingerprint density at radius 3 is 2.46 bits per heavy atom. The number of hydrogen-bond acceptors (Lipinski definition) is 5. The maximum Gasteiger partial charge on any atom is 0.273 e. The molecular weight excluding hydrogens is 358 g/mol. The van der Waals surface area contributed by atoms with E-state index in [-0.39, 0.29) is 23.8 Å². The first-order chi connectivity index (χ1) is 12.4. The molecule has 3 rings (SSSR count). The van der Waals surface area contributed by atoms with Crippen LogP contribution in [0.3, 0.4) is 0 Å². The fourth-order valence-electron chi connectivity index (χ4n) is 2.86. The smallest absolute Gasteiger partial charge is 0.273 e. The van der Waals surface area contributed by atoms with Crippen molar-refractivity contribution in [2.24, 2.45) is 0 Å². The van der Waals surface area contributed by atoms with Gasteiger partial charge in [-0.2, -0.15) is 0 Å².